The molecule has 2 atom stereocenters. The molecule has 0 heterocycles. The van der Waals surface area contributed by atoms with E-state index in [1.165, 1.54) is 19.3 Å². The zero-order valence-corrected chi connectivity index (χ0v) is 11.1. The number of halogens is 1. The highest BCUT2D eigenvalue weighted by Crippen LogP contribution is 2.57. The van der Waals surface area contributed by atoms with Gasteiger partial charge >= 0.3 is 0 Å². The molecule has 3 heteroatoms. The van der Waals surface area contributed by atoms with E-state index in [4.69, 9.17) is 0 Å². The van der Waals surface area contributed by atoms with Crippen LogP contribution >= 0.6 is 22.6 Å². The summed E-state index contributed by atoms with van der Waals surface area (Å²) in [5.74, 6) is 1.94. The van der Waals surface area contributed by atoms with Crippen LogP contribution in [0.4, 0.5) is 5.69 Å². The fourth-order valence-electron chi connectivity index (χ4n) is 2.99. The number of benzene rings is 1. The molecule has 0 saturated heterocycles. The number of fused-ring (bicyclic) bond motifs is 1. The smallest absolute Gasteiger partial charge is 0.228 e. The summed E-state index contributed by atoms with van der Waals surface area (Å²) in [6.45, 7) is 0. The Kier molecular flexibility index (Phi) is 2.65. The number of carbonyl (C=O) groups excluding carboxylic acids is 1. The summed E-state index contributed by atoms with van der Waals surface area (Å²) in [6.07, 6.45) is 3.84. The Morgan fingerprint density at radius 3 is 2.62 bits per heavy atom. The van der Waals surface area contributed by atoms with E-state index in [1.807, 2.05) is 24.3 Å². The van der Waals surface area contributed by atoms with E-state index >= 15 is 0 Å². The first-order chi connectivity index (χ1) is 7.77. The Bertz CT molecular complexity index is 422. The standard InChI is InChI=1S/C13H14INO/c14-10-6-1-2-7-11(10)15-13(16)12-8-4-3-5-9(8)12/h1-2,6-9,12H,3-5H2,(H,15,16). The van der Waals surface area contributed by atoms with E-state index in [2.05, 4.69) is 27.9 Å². The SMILES string of the molecule is O=C(Nc1ccccc1I)C1C2CCCC21. The first kappa shape index (κ1) is 10.6. The van der Waals surface area contributed by atoms with E-state index in [0.29, 0.717) is 17.8 Å². The van der Waals surface area contributed by atoms with Crippen LogP contribution in [0.25, 0.3) is 0 Å². The predicted octanol–water partition coefficient (Wildman–Crippen LogP) is 3.28. The Balaban J connectivity index is 1.68. The van der Waals surface area contributed by atoms with Crippen molar-refractivity contribution in [2.45, 2.75) is 19.3 Å². The highest BCUT2D eigenvalue weighted by atomic mass is 127. The third kappa shape index (κ3) is 1.75. The van der Waals surface area contributed by atoms with Gasteiger partial charge in [0.2, 0.25) is 5.91 Å². The van der Waals surface area contributed by atoms with Crippen LogP contribution in [-0.4, -0.2) is 5.91 Å². The van der Waals surface area contributed by atoms with E-state index in [9.17, 15) is 4.79 Å². The lowest BCUT2D eigenvalue weighted by Crippen LogP contribution is -2.17. The maximum absolute atomic E-state index is 12.0. The number of rotatable bonds is 2. The lowest BCUT2D eigenvalue weighted by Gasteiger charge is -2.08. The molecular weight excluding hydrogens is 313 g/mol. The number of hydrogen-bond donors (Lipinski definition) is 1. The molecular formula is C13H14INO. The second kappa shape index (κ2) is 4.02. The van der Waals surface area contributed by atoms with Gasteiger partial charge in [0.1, 0.15) is 0 Å². The van der Waals surface area contributed by atoms with Gasteiger partial charge in [-0.25, -0.2) is 0 Å². The van der Waals surface area contributed by atoms with E-state index < -0.39 is 0 Å². The highest BCUT2D eigenvalue weighted by Gasteiger charge is 2.56. The van der Waals surface area contributed by atoms with E-state index in [0.717, 1.165) is 9.26 Å². The van der Waals surface area contributed by atoms with Crippen molar-refractivity contribution in [3.63, 3.8) is 0 Å². The lowest BCUT2D eigenvalue weighted by molar-refractivity contribution is -0.118. The fraction of sp³-hybridized carbons (Fsp3) is 0.462. The van der Waals surface area contributed by atoms with Crippen LogP contribution < -0.4 is 5.32 Å². The molecule has 2 unspecified atom stereocenters. The van der Waals surface area contributed by atoms with Crippen LogP contribution in [0.15, 0.2) is 24.3 Å². The van der Waals surface area contributed by atoms with Gasteiger partial charge in [-0.15, -0.1) is 0 Å². The van der Waals surface area contributed by atoms with E-state index in [-0.39, 0.29) is 5.91 Å². The Hall–Kier alpha value is -0.580. The quantitative estimate of drug-likeness (QED) is 0.830. The van der Waals surface area contributed by atoms with Gasteiger partial charge in [-0.05, 0) is 59.4 Å². The molecule has 2 saturated carbocycles. The molecule has 2 aliphatic carbocycles. The molecule has 0 bridgehead atoms. The van der Waals surface area contributed by atoms with Crippen LogP contribution in [0.5, 0.6) is 0 Å². The first-order valence-electron chi connectivity index (χ1n) is 5.83. The minimum Gasteiger partial charge on any atom is -0.325 e. The molecule has 0 aliphatic heterocycles. The number of hydrogen-bond acceptors (Lipinski definition) is 1. The third-order valence-electron chi connectivity index (χ3n) is 3.84. The van der Waals surface area contributed by atoms with Gasteiger partial charge in [-0.2, -0.15) is 0 Å². The molecule has 0 aromatic heterocycles. The Morgan fingerprint density at radius 2 is 1.94 bits per heavy atom. The topological polar surface area (TPSA) is 29.1 Å². The average molecular weight is 327 g/mol. The van der Waals surface area contributed by atoms with Crippen molar-refractivity contribution < 1.29 is 4.79 Å². The predicted molar refractivity (Wildman–Crippen MR) is 72.1 cm³/mol. The Morgan fingerprint density at radius 1 is 1.25 bits per heavy atom. The summed E-state index contributed by atoms with van der Waals surface area (Å²) >= 11 is 2.26. The Labute approximate surface area is 109 Å². The van der Waals surface area contributed by atoms with Crippen molar-refractivity contribution >= 4 is 34.2 Å². The number of amides is 1. The van der Waals surface area contributed by atoms with Crippen LogP contribution in [0.1, 0.15) is 19.3 Å². The van der Waals surface area contributed by atoms with Gasteiger partial charge in [-0.3, -0.25) is 4.79 Å². The van der Waals surface area contributed by atoms with Gasteiger partial charge in [0.05, 0.1) is 5.69 Å². The fourth-order valence-corrected chi connectivity index (χ4v) is 3.51. The molecule has 2 nitrogen and oxygen atoms in total. The van der Waals surface area contributed by atoms with Crippen molar-refractivity contribution in [1.82, 2.24) is 0 Å². The summed E-state index contributed by atoms with van der Waals surface area (Å²) in [5, 5.41) is 3.05. The highest BCUT2D eigenvalue weighted by molar-refractivity contribution is 14.1. The molecule has 0 spiro atoms. The van der Waals surface area contributed by atoms with Gasteiger partial charge in [-0.1, -0.05) is 18.6 Å². The van der Waals surface area contributed by atoms with Crippen molar-refractivity contribution in [3.8, 4) is 0 Å². The number of anilines is 1. The monoisotopic (exact) mass is 327 g/mol. The number of carbonyl (C=O) groups is 1. The van der Waals surface area contributed by atoms with Crippen molar-refractivity contribution in [1.29, 1.82) is 0 Å². The van der Waals surface area contributed by atoms with Gasteiger partial charge in [0.25, 0.3) is 0 Å². The molecule has 1 aromatic rings. The zero-order valence-electron chi connectivity index (χ0n) is 8.95. The average Bonchev–Trinajstić information content (AvgIpc) is 2.76. The third-order valence-corrected chi connectivity index (χ3v) is 4.78. The normalized spacial score (nSPS) is 30.9. The largest absolute Gasteiger partial charge is 0.325 e. The molecule has 16 heavy (non-hydrogen) atoms. The summed E-state index contributed by atoms with van der Waals surface area (Å²) < 4.78 is 1.11. The zero-order chi connectivity index (χ0) is 11.1. The minimum atomic E-state index is 0.235. The summed E-state index contributed by atoms with van der Waals surface area (Å²) in [4.78, 5) is 12.0. The maximum Gasteiger partial charge on any atom is 0.228 e. The number of para-hydroxylation sites is 1. The minimum absolute atomic E-state index is 0.235. The summed E-state index contributed by atoms with van der Waals surface area (Å²) in [5.41, 5.74) is 0.957. The maximum atomic E-state index is 12.0. The first-order valence-corrected chi connectivity index (χ1v) is 6.90. The summed E-state index contributed by atoms with van der Waals surface area (Å²) in [6, 6.07) is 7.94. The molecule has 0 radical (unpaired) electrons. The molecule has 3 rings (SSSR count). The second-order valence-electron chi connectivity index (χ2n) is 4.75. The second-order valence-corrected chi connectivity index (χ2v) is 5.92. The molecule has 1 amide bonds. The molecule has 1 aromatic carbocycles. The van der Waals surface area contributed by atoms with Crippen molar-refractivity contribution in [2.75, 3.05) is 5.32 Å². The number of nitrogens with one attached hydrogen (secondary N) is 1. The molecule has 1 N–H and O–H groups in total. The van der Waals surface area contributed by atoms with E-state index in [1.54, 1.807) is 0 Å². The molecule has 84 valence electrons. The van der Waals surface area contributed by atoms with Crippen LogP contribution in [0, 0.1) is 21.3 Å². The van der Waals surface area contributed by atoms with Gasteiger partial charge in [0.15, 0.2) is 0 Å². The van der Waals surface area contributed by atoms with Crippen molar-refractivity contribution in [3.05, 3.63) is 27.8 Å². The van der Waals surface area contributed by atoms with Gasteiger partial charge in [0, 0.05) is 9.49 Å². The summed E-state index contributed by atoms with van der Waals surface area (Å²) in [7, 11) is 0. The van der Waals surface area contributed by atoms with Crippen molar-refractivity contribution in [2.24, 2.45) is 17.8 Å². The van der Waals surface area contributed by atoms with Crippen LogP contribution in [0.3, 0.4) is 0 Å². The lowest BCUT2D eigenvalue weighted by atomic mass is 10.1. The molecule has 2 fully saturated rings. The van der Waals surface area contributed by atoms with Crippen LogP contribution in [0.2, 0.25) is 0 Å². The molecule has 2 aliphatic rings. The van der Waals surface area contributed by atoms with Crippen LogP contribution in [-0.2, 0) is 4.79 Å². The van der Waals surface area contributed by atoms with Gasteiger partial charge < -0.3 is 5.32 Å².